The number of nitrogens with one attached hydrogen (secondary N) is 1. The third-order valence-corrected chi connectivity index (χ3v) is 3.08. The van der Waals surface area contributed by atoms with Gasteiger partial charge in [-0.15, -0.1) is 4.73 Å². The van der Waals surface area contributed by atoms with E-state index in [9.17, 15) is 15.1 Å². The van der Waals surface area contributed by atoms with Crippen LogP contribution in [0.2, 0.25) is 0 Å². The second-order valence-electron chi connectivity index (χ2n) is 4.49. The van der Waals surface area contributed by atoms with Gasteiger partial charge in [-0.2, -0.15) is 0 Å². The highest BCUT2D eigenvalue weighted by atomic mass is 16.5. The number of anilines is 1. The number of aromatic hydroxyl groups is 1. The van der Waals surface area contributed by atoms with Crippen molar-refractivity contribution in [2.24, 2.45) is 0 Å². The molecule has 0 aliphatic heterocycles. The van der Waals surface area contributed by atoms with Crippen LogP contribution in [0, 0.1) is 0 Å². The van der Waals surface area contributed by atoms with Crippen molar-refractivity contribution >= 4 is 16.7 Å². The Kier molecular flexibility index (Phi) is 3.15. The van der Waals surface area contributed by atoms with E-state index in [1.807, 2.05) is 0 Å². The van der Waals surface area contributed by atoms with Crippen LogP contribution in [0.15, 0.2) is 47.7 Å². The number of benzene rings is 1. The van der Waals surface area contributed by atoms with E-state index in [0.29, 0.717) is 22.3 Å². The van der Waals surface area contributed by atoms with E-state index < -0.39 is 5.56 Å². The van der Waals surface area contributed by atoms with Crippen LogP contribution in [-0.4, -0.2) is 25.0 Å². The molecular formula is C14H12N4O3. The normalized spacial score (nSPS) is 10.7. The minimum atomic E-state index is -0.575. The Labute approximate surface area is 119 Å². The van der Waals surface area contributed by atoms with Gasteiger partial charge in [0.15, 0.2) is 5.65 Å². The molecule has 21 heavy (non-hydrogen) atoms. The number of hydrogen-bond acceptors (Lipinski definition) is 6. The summed E-state index contributed by atoms with van der Waals surface area (Å²) in [4.78, 5) is 19.5. The molecule has 1 aromatic carbocycles. The highest BCUT2D eigenvalue weighted by molar-refractivity contribution is 5.87. The Balaban J connectivity index is 1.95. The van der Waals surface area contributed by atoms with Crippen LogP contribution in [0.1, 0.15) is 5.56 Å². The van der Waals surface area contributed by atoms with Gasteiger partial charge in [0.05, 0.1) is 11.1 Å². The summed E-state index contributed by atoms with van der Waals surface area (Å²) in [5, 5.41) is 22.5. The van der Waals surface area contributed by atoms with Gasteiger partial charge in [0.25, 0.3) is 5.56 Å². The Morgan fingerprint density at radius 2 is 2.00 bits per heavy atom. The third-order valence-electron chi connectivity index (χ3n) is 3.08. The molecule has 0 fully saturated rings. The molecule has 0 aliphatic rings. The van der Waals surface area contributed by atoms with Crippen molar-refractivity contribution in [2.45, 2.75) is 6.54 Å². The lowest BCUT2D eigenvalue weighted by atomic mass is 10.2. The summed E-state index contributed by atoms with van der Waals surface area (Å²) >= 11 is 0. The second kappa shape index (κ2) is 5.12. The first-order chi connectivity index (χ1) is 10.1. The molecule has 106 valence electrons. The van der Waals surface area contributed by atoms with Gasteiger partial charge in [-0.1, -0.05) is 12.1 Å². The molecule has 2 heterocycles. The van der Waals surface area contributed by atoms with Crippen LogP contribution in [-0.2, 0) is 6.54 Å². The summed E-state index contributed by atoms with van der Waals surface area (Å²) in [7, 11) is 0. The summed E-state index contributed by atoms with van der Waals surface area (Å²) in [6.07, 6.45) is 2.78. The topological polar surface area (TPSA) is 100 Å². The average molecular weight is 284 g/mol. The predicted molar refractivity (Wildman–Crippen MR) is 76.4 cm³/mol. The van der Waals surface area contributed by atoms with Crippen molar-refractivity contribution in [1.29, 1.82) is 0 Å². The fourth-order valence-corrected chi connectivity index (χ4v) is 2.01. The lowest BCUT2D eigenvalue weighted by Gasteiger charge is -2.10. The van der Waals surface area contributed by atoms with Gasteiger partial charge in [0.1, 0.15) is 12.1 Å². The maximum atomic E-state index is 11.7. The number of phenolic OH excluding ortho intramolecular Hbond substituents is 1. The van der Waals surface area contributed by atoms with Crippen LogP contribution in [0.25, 0.3) is 11.0 Å². The van der Waals surface area contributed by atoms with Gasteiger partial charge in [-0.05, 0) is 17.7 Å². The summed E-state index contributed by atoms with van der Waals surface area (Å²) in [6, 6.07) is 8.00. The van der Waals surface area contributed by atoms with E-state index in [1.54, 1.807) is 24.3 Å². The van der Waals surface area contributed by atoms with E-state index >= 15 is 0 Å². The molecule has 3 aromatic rings. The maximum Gasteiger partial charge on any atom is 0.286 e. The quantitative estimate of drug-likeness (QED) is 0.628. The Hall–Kier alpha value is -3.09. The highest BCUT2D eigenvalue weighted by Gasteiger charge is 2.09. The molecule has 7 heteroatoms. The number of pyridine rings is 1. The molecule has 3 N–H and O–H groups in total. The van der Waals surface area contributed by atoms with Crippen molar-refractivity contribution in [1.82, 2.24) is 14.7 Å². The Bertz CT molecular complexity index is 843. The number of hydrogen-bond donors (Lipinski definition) is 3. The number of phenols is 1. The first-order valence-electron chi connectivity index (χ1n) is 6.22. The van der Waals surface area contributed by atoms with Crippen LogP contribution in [0.5, 0.6) is 5.75 Å². The summed E-state index contributed by atoms with van der Waals surface area (Å²) in [6.45, 7) is 0.457. The van der Waals surface area contributed by atoms with Crippen LogP contribution >= 0.6 is 0 Å². The molecule has 0 aliphatic carbocycles. The predicted octanol–water partition coefficient (Wildman–Crippen LogP) is 1.35. The van der Waals surface area contributed by atoms with Gasteiger partial charge in [-0.3, -0.25) is 4.79 Å². The fraction of sp³-hybridized carbons (Fsp3) is 0.0714. The molecule has 7 nitrogen and oxygen atoms in total. The zero-order chi connectivity index (χ0) is 14.8. The van der Waals surface area contributed by atoms with Gasteiger partial charge >= 0.3 is 0 Å². The number of aromatic nitrogens is 3. The lowest BCUT2D eigenvalue weighted by Crippen LogP contribution is -2.19. The lowest BCUT2D eigenvalue weighted by molar-refractivity contribution is 0.186. The van der Waals surface area contributed by atoms with Crippen molar-refractivity contribution < 1.29 is 10.3 Å². The average Bonchev–Trinajstić information content (AvgIpc) is 2.51. The van der Waals surface area contributed by atoms with Crippen molar-refractivity contribution in [2.75, 3.05) is 5.32 Å². The first-order valence-corrected chi connectivity index (χ1v) is 6.22. The van der Waals surface area contributed by atoms with E-state index in [0.717, 1.165) is 5.56 Å². The molecule has 0 bridgehead atoms. The summed E-state index contributed by atoms with van der Waals surface area (Å²) in [5.41, 5.74) is 1.04. The third kappa shape index (κ3) is 2.48. The summed E-state index contributed by atoms with van der Waals surface area (Å²) < 4.78 is 0.489. The molecule has 0 amide bonds. The highest BCUT2D eigenvalue weighted by Crippen LogP contribution is 2.19. The van der Waals surface area contributed by atoms with Gasteiger partial charge in [0, 0.05) is 18.8 Å². The minimum Gasteiger partial charge on any atom is -0.508 e. The zero-order valence-electron chi connectivity index (χ0n) is 10.9. The summed E-state index contributed by atoms with van der Waals surface area (Å²) in [5.74, 6) is 0.195. The molecule has 0 saturated heterocycles. The number of rotatable bonds is 3. The Morgan fingerprint density at radius 1 is 1.24 bits per heavy atom. The van der Waals surface area contributed by atoms with Gasteiger partial charge in [0.2, 0.25) is 0 Å². The van der Waals surface area contributed by atoms with E-state index in [-0.39, 0.29) is 11.4 Å². The molecule has 0 spiro atoms. The molecular weight excluding hydrogens is 272 g/mol. The number of fused-ring (bicyclic) bond motifs is 1. The fourth-order valence-electron chi connectivity index (χ4n) is 2.01. The SMILES string of the molecule is O=c1cc(NCc2ccc(O)cc2)c2cncnc2n1O. The van der Waals surface area contributed by atoms with Crippen LogP contribution in [0.4, 0.5) is 5.69 Å². The van der Waals surface area contributed by atoms with Crippen molar-refractivity contribution in [3.63, 3.8) is 0 Å². The van der Waals surface area contributed by atoms with E-state index in [2.05, 4.69) is 15.3 Å². The largest absolute Gasteiger partial charge is 0.508 e. The monoisotopic (exact) mass is 284 g/mol. The molecule has 2 aromatic heterocycles. The van der Waals surface area contributed by atoms with Crippen molar-refractivity contribution in [3.05, 3.63) is 58.8 Å². The Morgan fingerprint density at radius 3 is 2.76 bits per heavy atom. The molecule has 0 unspecified atom stereocenters. The number of nitrogens with zero attached hydrogens (tertiary/aromatic N) is 3. The minimum absolute atomic E-state index is 0.144. The smallest absolute Gasteiger partial charge is 0.286 e. The standard InChI is InChI=1S/C14H12N4O3/c19-10-3-1-9(2-4-10)6-16-12-5-13(20)18(21)14-11(12)7-15-8-17-14/h1-5,7-8,16,19,21H,6H2. The molecule has 3 rings (SSSR count). The molecule has 0 radical (unpaired) electrons. The van der Waals surface area contributed by atoms with Crippen LogP contribution < -0.4 is 10.9 Å². The first kappa shape index (κ1) is 12.9. The molecule has 0 saturated carbocycles. The van der Waals surface area contributed by atoms with Gasteiger partial charge < -0.3 is 15.6 Å². The second-order valence-corrected chi connectivity index (χ2v) is 4.49. The zero-order valence-corrected chi connectivity index (χ0v) is 10.9. The van der Waals surface area contributed by atoms with E-state index in [1.165, 1.54) is 18.6 Å². The van der Waals surface area contributed by atoms with Crippen LogP contribution in [0.3, 0.4) is 0 Å². The molecule has 0 atom stereocenters. The van der Waals surface area contributed by atoms with Crippen molar-refractivity contribution in [3.8, 4) is 5.75 Å². The van der Waals surface area contributed by atoms with E-state index in [4.69, 9.17) is 0 Å². The van der Waals surface area contributed by atoms with Gasteiger partial charge in [-0.25, -0.2) is 9.97 Å². The maximum absolute atomic E-state index is 11.7.